The van der Waals surface area contributed by atoms with Crippen LogP contribution in [0, 0.1) is 0 Å². The van der Waals surface area contributed by atoms with E-state index in [4.69, 9.17) is 15.5 Å². The number of alkyl halides is 2. The van der Waals surface area contributed by atoms with E-state index in [9.17, 15) is 22.9 Å². The van der Waals surface area contributed by atoms with Crippen LogP contribution in [0.4, 0.5) is 8.78 Å². The maximum Gasteiger partial charge on any atom is 0.506 e. The molecule has 0 aromatic rings. The van der Waals surface area contributed by atoms with Crippen LogP contribution in [0.15, 0.2) is 0 Å². The van der Waals surface area contributed by atoms with Gasteiger partial charge in [-0.15, -0.1) is 5.48 Å². The Hall–Kier alpha value is -1.13. The third-order valence-electron chi connectivity index (χ3n) is 1.62. The number of hydrogen-bond donors (Lipinski definition) is 4. The van der Waals surface area contributed by atoms with E-state index < -0.39 is 37.5 Å². The van der Waals surface area contributed by atoms with Crippen LogP contribution >= 0.6 is 7.60 Å². The standard InChI is InChI=1S/C7H13F2N2O7P/c1-3(10)5(12)18-11-4(2)6(13)17-7(8,9)19(14,15)16/h3-4,11H,10H2,1-2H3,(H2,14,15,16)/t3-,4-/m0/s1. The molecule has 12 heteroatoms. The maximum absolute atomic E-state index is 12.7. The quantitative estimate of drug-likeness (QED) is 0.276. The molecule has 0 saturated carbocycles. The Morgan fingerprint density at radius 2 is 1.79 bits per heavy atom. The Bertz CT molecular complexity index is 397. The number of hydroxylamine groups is 1. The van der Waals surface area contributed by atoms with Gasteiger partial charge in [-0.3, -0.25) is 4.79 Å². The second kappa shape index (κ2) is 6.35. The van der Waals surface area contributed by atoms with Crippen LogP contribution < -0.4 is 11.2 Å². The first-order chi connectivity index (χ1) is 8.38. The van der Waals surface area contributed by atoms with Crippen molar-refractivity contribution in [2.75, 3.05) is 0 Å². The lowest BCUT2D eigenvalue weighted by molar-refractivity contribution is -0.204. The van der Waals surface area contributed by atoms with E-state index in [1.807, 2.05) is 0 Å². The van der Waals surface area contributed by atoms with Crippen LogP contribution in [0.2, 0.25) is 0 Å². The van der Waals surface area contributed by atoms with Crippen LogP contribution in [0.25, 0.3) is 0 Å². The predicted octanol–water partition coefficient (Wildman–Crippen LogP) is -0.959. The summed E-state index contributed by atoms with van der Waals surface area (Å²) >= 11 is 0. The third-order valence-corrected chi connectivity index (χ3v) is 2.39. The monoisotopic (exact) mass is 306 g/mol. The van der Waals surface area contributed by atoms with E-state index in [0.29, 0.717) is 0 Å². The van der Waals surface area contributed by atoms with Crippen molar-refractivity contribution in [3.63, 3.8) is 0 Å². The first kappa shape index (κ1) is 17.9. The average molecular weight is 306 g/mol. The largest absolute Gasteiger partial charge is 0.506 e. The molecule has 0 aromatic heterocycles. The molecule has 0 aliphatic carbocycles. The van der Waals surface area contributed by atoms with Gasteiger partial charge in [0.2, 0.25) is 0 Å². The molecule has 0 bridgehead atoms. The van der Waals surface area contributed by atoms with Gasteiger partial charge >= 0.3 is 25.4 Å². The Kier molecular flexibility index (Phi) is 5.97. The predicted molar refractivity (Wildman–Crippen MR) is 55.4 cm³/mol. The highest BCUT2D eigenvalue weighted by Crippen LogP contribution is 2.53. The second-order valence-corrected chi connectivity index (χ2v) is 5.11. The summed E-state index contributed by atoms with van der Waals surface area (Å²) in [5.74, 6) is -7.67. The van der Waals surface area contributed by atoms with Crippen molar-refractivity contribution >= 4 is 19.5 Å². The zero-order valence-corrected chi connectivity index (χ0v) is 10.8. The molecule has 9 nitrogen and oxygen atoms in total. The number of rotatable bonds is 6. The van der Waals surface area contributed by atoms with E-state index in [2.05, 4.69) is 9.57 Å². The molecule has 0 rings (SSSR count). The van der Waals surface area contributed by atoms with Gasteiger partial charge in [0.1, 0.15) is 12.1 Å². The number of carbonyl (C=O) groups is 2. The van der Waals surface area contributed by atoms with Gasteiger partial charge in [-0.1, -0.05) is 0 Å². The van der Waals surface area contributed by atoms with Crippen LogP contribution in [0.3, 0.4) is 0 Å². The van der Waals surface area contributed by atoms with Gasteiger partial charge in [0.25, 0.3) is 0 Å². The van der Waals surface area contributed by atoms with Crippen LogP contribution in [-0.4, -0.2) is 39.7 Å². The highest BCUT2D eigenvalue weighted by molar-refractivity contribution is 7.52. The van der Waals surface area contributed by atoms with Gasteiger partial charge in [-0.2, -0.15) is 8.78 Å². The Morgan fingerprint density at radius 3 is 2.16 bits per heavy atom. The van der Waals surface area contributed by atoms with E-state index in [1.165, 1.54) is 6.92 Å². The minimum Gasteiger partial charge on any atom is -0.390 e. The average Bonchev–Trinajstić information content (AvgIpc) is 2.22. The molecule has 0 amide bonds. The maximum atomic E-state index is 12.7. The van der Waals surface area contributed by atoms with Crippen molar-refractivity contribution in [1.82, 2.24) is 5.48 Å². The molecule has 0 aliphatic heterocycles. The molecule has 0 spiro atoms. The van der Waals surface area contributed by atoms with Crippen LogP contribution in [-0.2, 0) is 23.7 Å². The third kappa shape index (κ3) is 5.57. The lowest BCUT2D eigenvalue weighted by atomic mass is 10.4. The van der Waals surface area contributed by atoms with Crippen molar-refractivity contribution in [2.24, 2.45) is 5.73 Å². The molecule has 0 saturated heterocycles. The van der Waals surface area contributed by atoms with Gasteiger partial charge in [-0.05, 0) is 13.8 Å². The normalized spacial score (nSPS) is 15.5. The second-order valence-electron chi connectivity index (χ2n) is 3.50. The molecule has 0 heterocycles. The number of hydrogen-bond acceptors (Lipinski definition) is 7. The Balaban J connectivity index is 4.45. The number of ether oxygens (including phenoxy) is 1. The highest BCUT2D eigenvalue weighted by Gasteiger charge is 2.54. The van der Waals surface area contributed by atoms with Gasteiger partial charge in [0.05, 0.1) is 0 Å². The minimum absolute atomic E-state index is 0.965. The fraction of sp³-hybridized carbons (Fsp3) is 0.714. The lowest BCUT2D eigenvalue weighted by Crippen LogP contribution is -2.42. The van der Waals surface area contributed by atoms with Gasteiger partial charge < -0.3 is 25.1 Å². The number of esters is 1. The van der Waals surface area contributed by atoms with Crippen molar-refractivity contribution in [3.05, 3.63) is 0 Å². The fourth-order valence-electron chi connectivity index (χ4n) is 0.556. The number of halogens is 2. The molecular formula is C7H13F2N2O7P. The molecule has 0 fully saturated rings. The zero-order chi connectivity index (χ0) is 15.4. The lowest BCUT2D eigenvalue weighted by Gasteiger charge is -2.19. The van der Waals surface area contributed by atoms with Crippen LogP contribution in [0.1, 0.15) is 13.8 Å². The summed E-state index contributed by atoms with van der Waals surface area (Å²) in [5, 5.41) is 0. The van der Waals surface area contributed by atoms with Gasteiger partial charge in [0.15, 0.2) is 0 Å². The number of nitrogens with two attached hydrogens (primary N) is 1. The first-order valence-electron chi connectivity index (χ1n) is 4.76. The topological polar surface area (TPSA) is 148 Å². The summed E-state index contributed by atoms with van der Waals surface area (Å²) in [4.78, 5) is 42.6. The summed E-state index contributed by atoms with van der Waals surface area (Å²) in [5.41, 5.74) is 6.85. The van der Waals surface area contributed by atoms with E-state index in [0.717, 1.165) is 6.92 Å². The van der Waals surface area contributed by atoms with Gasteiger partial charge in [0, 0.05) is 0 Å². The zero-order valence-electron chi connectivity index (χ0n) is 9.87. The molecule has 112 valence electrons. The number of nitrogens with one attached hydrogen (secondary N) is 1. The summed E-state index contributed by atoms with van der Waals surface area (Å²) < 4.78 is 39.1. The molecule has 0 unspecified atom stereocenters. The van der Waals surface area contributed by atoms with Crippen LogP contribution in [0.5, 0.6) is 0 Å². The van der Waals surface area contributed by atoms with Crippen molar-refractivity contribution < 1.29 is 42.3 Å². The van der Waals surface area contributed by atoms with E-state index >= 15 is 0 Å². The molecule has 5 N–H and O–H groups in total. The Labute approximate surface area is 106 Å². The van der Waals surface area contributed by atoms with E-state index in [-0.39, 0.29) is 0 Å². The van der Waals surface area contributed by atoms with Crippen molar-refractivity contribution in [1.29, 1.82) is 0 Å². The summed E-state index contributed by atoms with van der Waals surface area (Å²) in [7, 11) is -5.95. The van der Waals surface area contributed by atoms with Crippen molar-refractivity contribution in [3.8, 4) is 0 Å². The number of carbonyl (C=O) groups excluding carboxylic acids is 2. The smallest absolute Gasteiger partial charge is 0.390 e. The molecular weight excluding hydrogens is 293 g/mol. The SMILES string of the molecule is C[C@H](N)C(=O)ON[C@@H](C)C(=O)OC(F)(F)P(=O)(O)O. The molecule has 0 aliphatic rings. The molecule has 0 aromatic carbocycles. The summed E-state index contributed by atoms with van der Waals surface area (Å²) in [6.45, 7) is 2.24. The summed E-state index contributed by atoms with van der Waals surface area (Å²) in [6, 6.07) is -2.60. The molecule has 19 heavy (non-hydrogen) atoms. The molecule has 2 atom stereocenters. The van der Waals surface area contributed by atoms with E-state index in [1.54, 1.807) is 5.48 Å². The first-order valence-corrected chi connectivity index (χ1v) is 6.38. The highest BCUT2D eigenvalue weighted by atomic mass is 31.2. The minimum atomic E-state index is -5.95. The van der Waals surface area contributed by atoms with Crippen molar-refractivity contribution in [2.45, 2.75) is 31.8 Å². The summed E-state index contributed by atoms with van der Waals surface area (Å²) in [6.07, 6.45) is 0. The van der Waals surface area contributed by atoms with Gasteiger partial charge in [-0.25, -0.2) is 9.36 Å². The fourth-order valence-corrected chi connectivity index (χ4v) is 0.765. The molecule has 0 radical (unpaired) electrons. The Morgan fingerprint density at radius 1 is 1.32 bits per heavy atom.